The van der Waals surface area contributed by atoms with Gasteiger partial charge in [0, 0.05) is 7.11 Å². The zero-order valence-electron chi connectivity index (χ0n) is 21.2. The van der Waals surface area contributed by atoms with Crippen LogP contribution >= 0.6 is 0 Å². The molecule has 0 aliphatic carbocycles. The second kappa shape index (κ2) is 9.00. The Morgan fingerprint density at radius 3 is 2.06 bits per heavy atom. The first-order chi connectivity index (χ1) is 14.0. The summed E-state index contributed by atoms with van der Waals surface area (Å²) in [5.74, 6) is -2.01. The number of ether oxygens (including phenoxy) is 6. The first-order valence-electron chi connectivity index (χ1n) is 11.0. The number of rotatable bonds is 8. The highest BCUT2D eigenvalue weighted by Gasteiger charge is 2.60. The Labute approximate surface area is 188 Å². The van der Waals surface area contributed by atoms with Crippen LogP contribution in [0.1, 0.15) is 55.4 Å². The molecule has 2 saturated heterocycles. The van der Waals surface area contributed by atoms with Gasteiger partial charge in [0.05, 0.1) is 7.11 Å². The normalized spacial score (nSPS) is 31.6. The molecule has 0 amide bonds. The number of hydrogen-bond donors (Lipinski definition) is 0. The molecule has 2 heterocycles. The van der Waals surface area contributed by atoms with Crippen LogP contribution in [0, 0.1) is 5.92 Å². The zero-order valence-corrected chi connectivity index (χ0v) is 22.2. The van der Waals surface area contributed by atoms with Gasteiger partial charge in [0.2, 0.25) is 0 Å². The average Bonchev–Trinajstić information content (AvgIpc) is 2.98. The van der Waals surface area contributed by atoms with Gasteiger partial charge in [-0.05, 0) is 51.7 Å². The lowest BCUT2D eigenvalue weighted by atomic mass is 9.98. The van der Waals surface area contributed by atoms with Crippen LogP contribution < -0.4 is 0 Å². The number of fused-ring (bicyclic) bond motifs is 1. The van der Waals surface area contributed by atoms with Gasteiger partial charge >= 0.3 is 5.97 Å². The second-order valence-electron chi connectivity index (χ2n) is 10.7. The van der Waals surface area contributed by atoms with Crippen molar-refractivity contribution in [1.29, 1.82) is 0 Å². The Bertz CT molecular complexity index is 645. The largest absolute Gasteiger partial charge is 0.467 e. The Balaban J connectivity index is 2.43. The number of methoxy groups -OCH3 is 2. The van der Waals surface area contributed by atoms with E-state index in [2.05, 4.69) is 40.8 Å². The van der Waals surface area contributed by atoms with E-state index in [0.717, 1.165) is 0 Å². The van der Waals surface area contributed by atoms with Crippen molar-refractivity contribution < 1.29 is 37.6 Å². The molecule has 0 aromatic carbocycles. The van der Waals surface area contributed by atoms with E-state index >= 15 is 0 Å². The average molecular weight is 463 g/mol. The van der Waals surface area contributed by atoms with Crippen molar-refractivity contribution in [3.05, 3.63) is 0 Å². The van der Waals surface area contributed by atoms with Crippen LogP contribution in [0.3, 0.4) is 0 Å². The van der Waals surface area contributed by atoms with Gasteiger partial charge in [-0.25, -0.2) is 4.79 Å². The lowest BCUT2D eigenvalue weighted by molar-refractivity contribution is -0.307. The van der Waals surface area contributed by atoms with Crippen LogP contribution in [0.15, 0.2) is 0 Å². The van der Waals surface area contributed by atoms with E-state index in [1.54, 1.807) is 13.8 Å². The van der Waals surface area contributed by atoms with E-state index in [9.17, 15) is 4.79 Å². The van der Waals surface area contributed by atoms with Crippen molar-refractivity contribution in [1.82, 2.24) is 0 Å². The summed E-state index contributed by atoms with van der Waals surface area (Å²) in [6.07, 6.45) is -3.80. The Hall–Kier alpha value is -0.553. The molecule has 2 rings (SSSR count). The molecule has 0 aromatic heterocycles. The molecule has 0 aromatic rings. The summed E-state index contributed by atoms with van der Waals surface area (Å²) in [7, 11) is 0.546. The highest BCUT2D eigenvalue weighted by atomic mass is 28.4. The van der Waals surface area contributed by atoms with E-state index in [-0.39, 0.29) is 5.04 Å². The molecule has 2 fully saturated rings. The fraction of sp³-hybridized carbons (Fsp3) is 0.955. The SMILES string of the molecule is COC(=O)[C@H]1O[C@@H](O[Si](C)(C)C(C)(C)C(C)C)[C@@H]2OC(C)(C)O[C@H]2[C@@H]1OC(C)(C)OC. The standard InChI is InChI=1S/C22H42O8Si/c1-13(2)20(3,4)31(11,12)30-19-17-15(28-22(7,8)29-17)14(27-21(5,6)25-10)16(26-19)18(23)24-9/h13-17,19H,1-12H3/t14-,15-,16-,17+,19-/m0/s1. The van der Waals surface area contributed by atoms with Crippen LogP contribution in [0.2, 0.25) is 18.1 Å². The first kappa shape index (κ1) is 26.7. The van der Waals surface area contributed by atoms with Gasteiger partial charge in [0.1, 0.15) is 18.3 Å². The lowest BCUT2D eigenvalue weighted by Gasteiger charge is -2.48. The van der Waals surface area contributed by atoms with Gasteiger partial charge in [-0.15, -0.1) is 0 Å². The molecule has 0 saturated carbocycles. The number of esters is 1. The summed E-state index contributed by atoms with van der Waals surface area (Å²) in [6, 6.07) is 0. The summed E-state index contributed by atoms with van der Waals surface area (Å²) >= 11 is 0. The molecule has 182 valence electrons. The summed E-state index contributed by atoms with van der Waals surface area (Å²) in [5, 5.41) is -0.0486. The highest BCUT2D eigenvalue weighted by Crippen LogP contribution is 2.47. The van der Waals surface area contributed by atoms with Gasteiger partial charge < -0.3 is 32.8 Å². The monoisotopic (exact) mass is 462 g/mol. The van der Waals surface area contributed by atoms with E-state index in [1.807, 2.05) is 13.8 Å². The molecular weight excluding hydrogens is 420 g/mol. The van der Waals surface area contributed by atoms with Gasteiger partial charge in [0.25, 0.3) is 0 Å². The third kappa shape index (κ3) is 5.51. The molecule has 0 bridgehead atoms. The first-order valence-corrected chi connectivity index (χ1v) is 13.9. The summed E-state index contributed by atoms with van der Waals surface area (Å²) < 4.78 is 41.9. The van der Waals surface area contributed by atoms with Crippen molar-refractivity contribution in [3.63, 3.8) is 0 Å². The Kier molecular flexibility index (Phi) is 7.75. The maximum Gasteiger partial charge on any atom is 0.337 e. The van der Waals surface area contributed by atoms with Gasteiger partial charge in [-0.2, -0.15) is 0 Å². The quantitative estimate of drug-likeness (QED) is 0.306. The second-order valence-corrected chi connectivity index (χ2v) is 15.2. The van der Waals surface area contributed by atoms with E-state index in [4.69, 9.17) is 32.8 Å². The molecule has 2 aliphatic rings. The molecule has 9 heteroatoms. The van der Waals surface area contributed by atoms with Crippen molar-refractivity contribution in [2.75, 3.05) is 14.2 Å². The summed E-state index contributed by atoms with van der Waals surface area (Å²) in [5.41, 5.74) is 0. The maximum atomic E-state index is 12.7. The molecule has 2 aliphatic heterocycles. The third-order valence-corrected chi connectivity index (χ3v) is 11.6. The Morgan fingerprint density at radius 1 is 1.03 bits per heavy atom. The van der Waals surface area contributed by atoms with Gasteiger partial charge in [-0.3, -0.25) is 0 Å². The molecule has 5 atom stereocenters. The van der Waals surface area contributed by atoms with E-state index in [1.165, 1.54) is 14.2 Å². The van der Waals surface area contributed by atoms with E-state index < -0.39 is 56.6 Å². The molecule has 8 nitrogen and oxygen atoms in total. The molecule has 0 N–H and O–H groups in total. The van der Waals surface area contributed by atoms with Crippen LogP contribution in [-0.4, -0.2) is 70.8 Å². The zero-order chi connectivity index (χ0) is 24.0. The highest BCUT2D eigenvalue weighted by molar-refractivity contribution is 6.74. The molecular formula is C22H42O8Si. The minimum Gasteiger partial charge on any atom is -0.467 e. The smallest absolute Gasteiger partial charge is 0.337 e. The molecule has 0 spiro atoms. The van der Waals surface area contributed by atoms with Crippen LogP contribution in [-0.2, 0) is 37.6 Å². The third-order valence-electron chi connectivity index (χ3n) is 7.09. The summed E-state index contributed by atoms with van der Waals surface area (Å²) in [6.45, 7) is 20.3. The van der Waals surface area contributed by atoms with Crippen LogP contribution in [0.25, 0.3) is 0 Å². The predicted octanol–water partition coefficient (Wildman–Crippen LogP) is 3.83. The van der Waals surface area contributed by atoms with E-state index in [0.29, 0.717) is 5.92 Å². The number of hydrogen-bond acceptors (Lipinski definition) is 8. The summed E-state index contributed by atoms with van der Waals surface area (Å²) in [4.78, 5) is 12.7. The fourth-order valence-electron chi connectivity index (χ4n) is 3.80. The maximum absolute atomic E-state index is 12.7. The van der Waals surface area contributed by atoms with Crippen LogP contribution in [0.5, 0.6) is 0 Å². The molecule has 31 heavy (non-hydrogen) atoms. The molecule has 0 unspecified atom stereocenters. The number of carbonyl (C=O) groups is 1. The van der Waals surface area contributed by atoms with Crippen LogP contribution in [0.4, 0.5) is 0 Å². The minimum atomic E-state index is -2.32. The van der Waals surface area contributed by atoms with Crippen molar-refractivity contribution in [3.8, 4) is 0 Å². The number of carbonyl (C=O) groups excluding carboxylic acids is 1. The van der Waals surface area contributed by atoms with Crippen molar-refractivity contribution >= 4 is 14.3 Å². The van der Waals surface area contributed by atoms with Crippen molar-refractivity contribution in [2.45, 2.75) is 116 Å². The lowest BCUT2D eigenvalue weighted by Crippen LogP contribution is -2.64. The fourth-order valence-corrected chi connectivity index (χ4v) is 6.26. The van der Waals surface area contributed by atoms with Gasteiger partial charge in [0.15, 0.2) is 32.3 Å². The topological polar surface area (TPSA) is 81.7 Å². The minimum absolute atomic E-state index is 0.0486. The Morgan fingerprint density at radius 2 is 1.58 bits per heavy atom. The van der Waals surface area contributed by atoms with Gasteiger partial charge in [-0.1, -0.05) is 27.7 Å². The molecule has 0 radical (unpaired) electrons. The van der Waals surface area contributed by atoms with Crippen molar-refractivity contribution in [2.24, 2.45) is 5.92 Å². The predicted molar refractivity (Wildman–Crippen MR) is 118 cm³/mol.